The second-order valence-electron chi connectivity index (χ2n) is 25.8. The fraction of sp³-hybridized carbons (Fsp3) is 0.907. The van der Waals surface area contributed by atoms with E-state index in [1.54, 1.807) is 7.11 Å². The van der Waals surface area contributed by atoms with Crippen molar-refractivity contribution in [3.63, 3.8) is 0 Å². The second kappa shape index (κ2) is 18.7. The molecule has 0 N–H and O–H groups in total. The molecule has 0 amide bonds. The van der Waals surface area contributed by atoms with Crippen molar-refractivity contribution in [2.75, 3.05) is 7.11 Å². The molecule has 11 nitrogen and oxygen atoms in total. The molecule has 7 saturated carbocycles. The summed E-state index contributed by atoms with van der Waals surface area (Å²) in [6, 6.07) is 2.15. The first-order valence-electron chi connectivity index (χ1n) is 25.4. The number of carbonyl (C=O) groups is 4. The van der Waals surface area contributed by atoms with Crippen LogP contribution in [0.1, 0.15) is 207 Å². The first kappa shape index (κ1) is 53.2. The molecule has 1 saturated heterocycles. The second-order valence-corrected chi connectivity index (χ2v) is 25.8. The van der Waals surface area contributed by atoms with Crippen molar-refractivity contribution in [1.82, 2.24) is 0 Å². The molecular weight excluding hydrogens is 823 g/mol. The smallest absolute Gasteiger partial charge is 0.327 e. The maximum atomic E-state index is 12.8. The van der Waals surface area contributed by atoms with E-state index in [1.165, 1.54) is 12.8 Å². The van der Waals surface area contributed by atoms with Crippen LogP contribution in [0.25, 0.3) is 0 Å². The molecule has 7 aliphatic carbocycles. The van der Waals surface area contributed by atoms with E-state index in [4.69, 9.17) is 28.4 Å². The molecule has 0 aromatic heterocycles. The molecule has 8 aliphatic rings. The molecular formula is C54H89NO10. The minimum atomic E-state index is -0.974. The number of hydrogen-bond acceptors (Lipinski definition) is 11. The van der Waals surface area contributed by atoms with Crippen LogP contribution in [0.5, 0.6) is 0 Å². The average molecular weight is 912 g/mol. The third-order valence-electron chi connectivity index (χ3n) is 17.2. The third-order valence-corrected chi connectivity index (χ3v) is 17.2. The van der Waals surface area contributed by atoms with Crippen LogP contribution < -0.4 is 0 Å². The number of carbonyl (C=O) groups excluding carboxylic acids is 4. The molecule has 0 aromatic rings. The molecule has 8 atom stereocenters. The quantitative estimate of drug-likeness (QED) is 0.0931. The molecule has 8 rings (SSSR count). The lowest BCUT2D eigenvalue weighted by Gasteiger charge is -2.61. The Morgan fingerprint density at radius 1 is 0.723 bits per heavy atom. The summed E-state index contributed by atoms with van der Waals surface area (Å²) in [4.78, 5) is 49.5. The van der Waals surface area contributed by atoms with Gasteiger partial charge in [0, 0.05) is 31.3 Å². The van der Waals surface area contributed by atoms with Gasteiger partial charge in [0.1, 0.15) is 23.4 Å². The van der Waals surface area contributed by atoms with Crippen molar-refractivity contribution in [3.05, 3.63) is 0 Å². The lowest BCUT2D eigenvalue weighted by molar-refractivity contribution is -0.289. The molecule has 6 bridgehead atoms. The van der Waals surface area contributed by atoms with E-state index in [2.05, 4.69) is 68.4 Å². The van der Waals surface area contributed by atoms with Crippen LogP contribution in [0, 0.1) is 73.4 Å². The fourth-order valence-corrected chi connectivity index (χ4v) is 13.4. The van der Waals surface area contributed by atoms with E-state index in [9.17, 15) is 24.4 Å². The van der Waals surface area contributed by atoms with Gasteiger partial charge in [-0.25, -0.2) is 0 Å². The number of nitrogens with zero attached hydrogens (tertiary/aromatic N) is 1. The van der Waals surface area contributed by atoms with E-state index in [1.807, 2.05) is 48.5 Å². The molecule has 0 spiro atoms. The molecule has 65 heavy (non-hydrogen) atoms. The van der Waals surface area contributed by atoms with Crippen molar-refractivity contribution < 1.29 is 47.6 Å². The van der Waals surface area contributed by atoms with Gasteiger partial charge in [-0.05, 0) is 154 Å². The van der Waals surface area contributed by atoms with Crippen molar-refractivity contribution in [2.24, 2.45) is 62.1 Å². The van der Waals surface area contributed by atoms with E-state index in [-0.39, 0.29) is 75.2 Å². The predicted molar refractivity (Wildman–Crippen MR) is 250 cm³/mol. The Bertz CT molecular complexity index is 1770. The Kier molecular flexibility index (Phi) is 15.3. The zero-order valence-corrected chi connectivity index (χ0v) is 43.8. The van der Waals surface area contributed by atoms with Gasteiger partial charge in [0.05, 0.1) is 27.9 Å². The normalized spacial score (nSPS) is 34.9. The van der Waals surface area contributed by atoms with Crippen LogP contribution in [0.15, 0.2) is 0 Å². The van der Waals surface area contributed by atoms with E-state index >= 15 is 0 Å². The summed E-state index contributed by atoms with van der Waals surface area (Å²) in [5.41, 5.74) is -2.61. The average Bonchev–Trinajstić information content (AvgIpc) is 3.80. The van der Waals surface area contributed by atoms with Gasteiger partial charge >= 0.3 is 23.9 Å². The summed E-state index contributed by atoms with van der Waals surface area (Å²) >= 11 is 0. The van der Waals surface area contributed by atoms with Crippen LogP contribution in [-0.2, 0) is 47.6 Å². The van der Waals surface area contributed by atoms with Crippen LogP contribution in [0.3, 0.4) is 0 Å². The van der Waals surface area contributed by atoms with Crippen molar-refractivity contribution >= 4 is 23.9 Å². The Morgan fingerprint density at radius 2 is 1.22 bits per heavy atom. The number of hydrogen-bond donors (Lipinski definition) is 0. The van der Waals surface area contributed by atoms with Gasteiger partial charge in [0.25, 0.3) is 0 Å². The third kappa shape index (κ3) is 10.9. The zero-order valence-electron chi connectivity index (χ0n) is 43.8. The zero-order chi connectivity index (χ0) is 49.0. The van der Waals surface area contributed by atoms with E-state index in [0.717, 1.165) is 70.6 Å². The van der Waals surface area contributed by atoms with Crippen LogP contribution in [-0.4, -0.2) is 66.3 Å². The summed E-state index contributed by atoms with van der Waals surface area (Å²) in [5, 5.41) is 9.31. The number of rotatable bonds is 14. The molecule has 0 radical (unpaired) electrons. The number of ether oxygens (including phenoxy) is 6. The summed E-state index contributed by atoms with van der Waals surface area (Å²) in [6.45, 7) is 33.3. The largest absolute Gasteiger partial charge is 0.459 e. The molecule has 1 aliphatic heterocycles. The maximum Gasteiger partial charge on any atom is 0.327 e. The van der Waals surface area contributed by atoms with E-state index < -0.39 is 28.3 Å². The number of nitriles is 1. The SMILES string of the molecule is CCC(C)(C)C(=O)OC12CC3CC(C1)CC(OC(OC)C(C)C)(C3)C2.CCC(C)(C)C(=O)OC1C2CC3C1OC(=O)C3(C#N)C2.CCC1(OC(=O)C(C)(C)CC)CC(C)(C)CC(C)(C)C1. The minimum Gasteiger partial charge on any atom is -0.459 e. The Labute approximate surface area is 393 Å². The molecule has 8 unspecified atom stereocenters. The minimum absolute atomic E-state index is 0.0321. The number of fused-ring (bicyclic) bond motifs is 1. The van der Waals surface area contributed by atoms with Crippen molar-refractivity contribution in [3.8, 4) is 6.07 Å². The highest BCUT2D eigenvalue weighted by molar-refractivity contribution is 5.85. The van der Waals surface area contributed by atoms with Gasteiger partial charge in [-0.2, -0.15) is 5.26 Å². The van der Waals surface area contributed by atoms with Gasteiger partial charge < -0.3 is 28.4 Å². The van der Waals surface area contributed by atoms with Gasteiger partial charge in [-0.3, -0.25) is 19.2 Å². The predicted octanol–water partition coefficient (Wildman–Crippen LogP) is 11.9. The fourth-order valence-electron chi connectivity index (χ4n) is 13.4. The molecule has 1 heterocycles. The maximum absolute atomic E-state index is 12.8. The van der Waals surface area contributed by atoms with Gasteiger partial charge in [0.15, 0.2) is 11.7 Å². The Balaban J connectivity index is 0.000000185. The summed E-state index contributed by atoms with van der Waals surface area (Å²) in [5.74, 6) is 0.770. The standard InChI is InChI=1S/C21H36O4.C18H34O2.C15H19NO4/c1-7-19(4,5)18(22)25-21-11-15-8-16(12-21)10-20(9-15,13-21)24-17(23-6)14(2)3;1-9-17(7,8)14(19)20-18(10-2)12-15(3,4)11-16(5,6)13-18;1-4-14(2,3)12(17)19-10-8-5-9-11(10)20-13(18)15(9,6-8)7-16/h14-17H,7-13H2,1-6H3;9-13H2,1-8H3;8-11H,4-6H2,1-3H3. The molecule has 0 aromatic carbocycles. The van der Waals surface area contributed by atoms with Crippen LogP contribution in [0.2, 0.25) is 0 Å². The lowest BCUT2D eigenvalue weighted by Crippen LogP contribution is -2.62. The van der Waals surface area contributed by atoms with Gasteiger partial charge in [0.2, 0.25) is 0 Å². The highest BCUT2D eigenvalue weighted by atomic mass is 16.7. The highest BCUT2D eigenvalue weighted by Gasteiger charge is 2.72. The monoisotopic (exact) mass is 912 g/mol. The van der Waals surface area contributed by atoms with Crippen LogP contribution in [0.4, 0.5) is 0 Å². The Morgan fingerprint density at radius 3 is 1.68 bits per heavy atom. The summed E-state index contributed by atoms with van der Waals surface area (Å²) in [7, 11) is 1.73. The first-order valence-corrected chi connectivity index (χ1v) is 25.4. The molecule has 11 heteroatoms. The van der Waals surface area contributed by atoms with Gasteiger partial charge in [-0.1, -0.05) is 69.2 Å². The lowest BCUT2D eigenvalue weighted by atomic mass is 9.52. The van der Waals surface area contributed by atoms with Crippen molar-refractivity contribution in [2.45, 2.75) is 242 Å². The van der Waals surface area contributed by atoms with Crippen LogP contribution >= 0.6 is 0 Å². The topological polar surface area (TPSA) is 147 Å². The Hall–Kier alpha value is -2.71. The first-order chi connectivity index (χ1) is 29.8. The number of methoxy groups -OCH3 is 1. The summed E-state index contributed by atoms with van der Waals surface area (Å²) < 4.78 is 35.5. The molecule has 370 valence electrons. The number of esters is 4. The van der Waals surface area contributed by atoms with Gasteiger partial charge in [-0.15, -0.1) is 0 Å². The highest BCUT2D eigenvalue weighted by Crippen LogP contribution is 2.63. The van der Waals surface area contributed by atoms with Crippen molar-refractivity contribution in [1.29, 1.82) is 5.26 Å². The summed E-state index contributed by atoms with van der Waals surface area (Å²) in [6.07, 6.45) is 12.9. The van der Waals surface area contributed by atoms with E-state index in [0.29, 0.717) is 30.6 Å². The molecule has 8 fully saturated rings.